The van der Waals surface area contributed by atoms with Gasteiger partial charge in [-0.15, -0.1) is 0 Å². The van der Waals surface area contributed by atoms with Gasteiger partial charge in [0.1, 0.15) is 11.7 Å². The molecule has 1 aliphatic heterocycles. The van der Waals surface area contributed by atoms with Crippen LogP contribution in [0.25, 0.3) is 0 Å². The molecule has 1 unspecified atom stereocenters. The summed E-state index contributed by atoms with van der Waals surface area (Å²) in [5.74, 6) is 3.50. The Kier molecular flexibility index (Phi) is 3.93. The van der Waals surface area contributed by atoms with E-state index >= 15 is 0 Å². The molecule has 1 amide bonds. The van der Waals surface area contributed by atoms with E-state index < -0.39 is 17.8 Å². The van der Waals surface area contributed by atoms with Crippen LogP contribution in [0.3, 0.4) is 0 Å². The maximum Gasteiger partial charge on any atom is 0.270 e. The SMILES string of the molecule is N#Cc1ccc(N2CCOC(C(=O)NN)C2=N)c(F)c1. The molecule has 7 nitrogen and oxygen atoms in total. The minimum absolute atomic E-state index is 0.118. The van der Waals surface area contributed by atoms with Gasteiger partial charge in [-0.3, -0.25) is 15.6 Å². The Morgan fingerprint density at radius 2 is 2.40 bits per heavy atom. The van der Waals surface area contributed by atoms with Crippen LogP contribution in [0.15, 0.2) is 18.2 Å². The van der Waals surface area contributed by atoms with E-state index in [0.717, 1.165) is 6.07 Å². The van der Waals surface area contributed by atoms with Crippen LogP contribution < -0.4 is 16.2 Å². The van der Waals surface area contributed by atoms with Crippen LogP contribution in [0.2, 0.25) is 0 Å². The Labute approximate surface area is 114 Å². The van der Waals surface area contributed by atoms with Gasteiger partial charge >= 0.3 is 0 Å². The number of amidine groups is 1. The van der Waals surface area contributed by atoms with E-state index in [2.05, 4.69) is 0 Å². The van der Waals surface area contributed by atoms with E-state index in [4.69, 9.17) is 21.3 Å². The maximum absolute atomic E-state index is 13.9. The summed E-state index contributed by atoms with van der Waals surface area (Å²) in [5, 5.41) is 16.6. The van der Waals surface area contributed by atoms with Crippen molar-refractivity contribution in [2.75, 3.05) is 18.1 Å². The molecule has 1 saturated heterocycles. The molecule has 4 N–H and O–H groups in total. The molecule has 104 valence electrons. The number of nitrogens with two attached hydrogens (primary N) is 1. The van der Waals surface area contributed by atoms with Crippen molar-refractivity contribution < 1.29 is 13.9 Å². The second-order valence-corrected chi connectivity index (χ2v) is 4.07. The number of morpholine rings is 1. The van der Waals surface area contributed by atoms with Crippen molar-refractivity contribution >= 4 is 17.4 Å². The number of amides is 1. The quantitative estimate of drug-likeness (QED) is 0.395. The average Bonchev–Trinajstić information content (AvgIpc) is 2.47. The van der Waals surface area contributed by atoms with Crippen molar-refractivity contribution in [2.24, 2.45) is 5.84 Å². The Balaban J connectivity index is 2.31. The van der Waals surface area contributed by atoms with Gasteiger partial charge < -0.3 is 9.64 Å². The van der Waals surface area contributed by atoms with Gasteiger partial charge in [-0.25, -0.2) is 10.2 Å². The summed E-state index contributed by atoms with van der Waals surface area (Å²) in [6.07, 6.45) is -1.18. The molecule has 2 rings (SSSR count). The third kappa shape index (κ3) is 2.45. The molecule has 1 heterocycles. The van der Waals surface area contributed by atoms with Crippen LogP contribution in [-0.2, 0) is 9.53 Å². The number of nitrogens with one attached hydrogen (secondary N) is 2. The molecule has 1 aromatic carbocycles. The summed E-state index contributed by atoms with van der Waals surface area (Å²) in [7, 11) is 0. The van der Waals surface area contributed by atoms with Crippen molar-refractivity contribution in [2.45, 2.75) is 6.10 Å². The summed E-state index contributed by atoms with van der Waals surface area (Å²) < 4.78 is 19.1. The second-order valence-electron chi connectivity index (χ2n) is 4.07. The number of hydrazine groups is 1. The van der Waals surface area contributed by atoms with Gasteiger partial charge in [0.25, 0.3) is 5.91 Å². The molecule has 0 bridgehead atoms. The van der Waals surface area contributed by atoms with Crippen LogP contribution >= 0.6 is 0 Å². The molecule has 0 spiro atoms. The molecule has 0 saturated carbocycles. The molecule has 1 aromatic rings. The highest BCUT2D eigenvalue weighted by molar-refractivity contribution is 6.12. The smallest absolute Gasteiger partial charge is 0.270 e. The fraction of sp³-hybridized carbons (Fsp3) is 0.250. The van der Waals surface area contributed by atoms with Crippen molar-refractivity contribution in [3.05, 3.63) is 29.6 Å². The summed E-state index contributed by atoms with van der Waals surface area (Å²) in [6, 6.07) is 5.74. The zero-order chi connectivity index (χ0) is 14.7. The Bertz CT molecular complexity index is 598. The van der Waals surface area contributed by atoms with E-state index in [1.165, 1.54) is 17.0 Å². The summed E-state index contributed by atoms with van der Waals surface area (Å²) in [5.41, 5.74) is 2.20. The van der Waals surface area contributed by atoms with Gasteiger partial charge in [-0.1, -0.05) is 0 Å². The first-order valence-electron chi connectivity index (χ1n) is 5.76. The lowest BCUT2D eigenvalue weighted by molar-refractivity contribution is -0.129. The molecule has 8 heteroatoms. The number of nitriles is 1. The molecule has 1 aliphatic rings. The molecule has 0 aliphatic carbocycles. The van der Waals surface area contributed by atoms with Gasteiger partial charge in [-0.2, -0.15) is 5.26 Å². The van der Waals surface area contributed by atoms with Crippen molar-refractivity contribution in [3.8, 4) is 6.07 Å². The zero-order valence-electron chi connectivity index (χ0n) is 10.4. The minimum Gasteiger partial charge on any atom is -0.359 e. The highest BCUT2D eigenvalue weighted by Gasteiger charge is 2.33. The molecule has 0 aromatic heterocycles. The molecule has 1 atom stereocenters. The lowest BCUT2D eigenvalue weighted by atomic mass is 10.1. The number of halogens is 1. The normalized spacial score (nSPS) is 18.6. The first-order valence-corrected chi connectivity index (χ1v) is 5.76. The van der Waals surface area contributed by atoms with Crippen LogP contribution in [0.4, 0.5) is 10.1 Å². The van der Waals surface area contributed by atoms with Crippen LogP contribution in [0.1, 0.15) is 5.56 Å². The van der Waals surface area contributed by atoms with Crippen LogP contribution in [0.5, 0.6) is 0 Å². The Hall–Kier alpha value is -2.50. The van der Waals surface area contributed by atoms with Crippen molar-refractivity contribution in [3.63, 3.8) is 0 Å². The van der Waals surface area contributed by atoms with Gasteiger partial charge in [0.15, 0.2) is 6.10 Å². The molecular formula is C12H12FN5O2. The predicted molar refractivity (Wildman–Crippen MR) is 68.3 cm³/mol. The number of benzene rings is 1. The number of carbonyl (C=O) groups is 1. The first-order chi connectivity index (χ1) is 9.58. The summed E-state index contributed by atoms with van der Waals surface area (Å²) >= 11 is 0. The number of hydrogen-bond acceptors (Lipinski definition) is 5. The number of nitrogens with zero attached hydrogens (tertiary/aromatic N) is 2. The van der Waals surface area contributed by atoms with E-state index in [9.17, 15) is 9.18 Å². The standard InChI is InChI=1S/C12H12FN5O2/c13-8-5-7(6-14)1-2-9(8)18-3-4-20-10(11(18)15)12(19)17-16/h1-2,5,10,15H,3-4,16H2,(H,17,19). The van der Waals surface area contributed by atoms with Crippen LogP contribution in [0, 0.1) is 22.6 Å². The number of carbonyl (C=O) groups excluding carboxylic acids is 1. The highest BCUT2D eigenvalue weighted by atomic mass is 19.1. The van der Waals surface area contributed by atoms with Crippen molar-refractivity contribution in [1.82, 2.24) is 5.43 Å². The van der Waals surface area contributed by atoms with Gasteiger partial charge in [0, 0.05) is 6.54 Å². The van der Waals surface area contributed by atoms with Crippen LogP contribution in [-0.4, -0.2) is 31.0 Å². The molecule has 20 heavy (non-hydrogen) atoms. The number of hydrogen-bond donors (Lipinski definition) is 3. The van der Waals surface area contributed by atoms with Gasteiger partial charge in [0.2, 0.25) is 0 Å². The Morgan fingerprint density at radius 3 is 3.00 bits per heavy atom. The lowest BCUT2D eigenvalue weighted by Crippen LogP contribution is -2.55. The monoisotopic (exact) mass is 277 g/mol. The van der Waals surface area contributed by atoms with Gasteiger partial charge in [-0.05, 0) is 18.2 Å². The maximum atomic E-state index is 13.9. The third-order valence-electron chi connectivity index (χ3n) is 2.89. The third-order valence-corrected chi connectivity index (χ3v) is 2.89. The first kappa shape index (κ1) is 13.9. The minimum atomic E-state index is -1.18. The second kappa shape index (κ2) is 5.64. The molecule has 1 fully saturated rings. The van der Waals surface area contributed by atoms with E-state index in [1.807, 2.05) is 11.5 Å². The summed E-state index contributed by atoms with van der Waals surface area (Å²) in [4.78, 5) is 12.8. The van der Waals surface area contributed by atoms with E-state index in [1.54, 1.807) is 0 Å². The number of rotatable bonds is 2. The molecule has 0 radical (unpaired) electrons. The largest absolute Gasteiger partial charge is 0.359 e. The van der Waals surface area contributed by atoms with Crippen molar-refractivity contribution in [1.29, 1.82) is 10.7 Å². The predicted octanol–water partition coefficient (Wildman–Crippen LogP) is -0.130. The number of ether oxygens (including phenoxy) is 1. The highest BCUT2D eigenvalue weighted by Crippen LogP contribution is 2.23. The lowest BCUT2D eigenvalue weighted by Gasteiger charge is -2.34. The fourth-order valence-corrected chi connectivity index (χ4v) is 1.92. The van der Waals surface area contributed by atoms with Gasteiger partial charge in [0.05, 0.1) is 23.9 Å². The topological polar surface area (TPSA) is 115 Å². The van der Waals surface area contributed by atoms with E-state index in [0.29, 0.717) is 0 Å². The van der Waals surface area contributed by atoms with E-state index in [-0.39, 0.29) is 30.2 Å². The fourth-order valence-electron chi connectivity index (χ4n) is 1.92. The average molecular weight is 277 g/mol. The molecular weight excluding hydrogens is 265 g/mol. The number of anilines is 1. The Morgan fingerprint density at radius 1 is 1.65 bits per heavy atom. The zero-order valence-corrected chi connectivity index (χ0v) is 10.4. The summed E-state index contributed by atoms with van der Waals surface area (Å²) in [6.45, 7) is 0.385.